The molecule has 1 aliphatic heterocycles. The smallest absolute Gasteiger partial charge is 0.267 e. The maximum absolute atomic E-state index is 12.1. The van der Waals surface area contributed by atoms with Gasteiger partial charge in [0.2, 0.25) is 0 Å². The van der Waals surface area contributed by atoms with Gasteiger partial charge in [-0.25, -0.2) is 0 Å². The number of hydrogen-bond donors (Lipinski definition) is 2. The summed E-state index contributed by atoms with van der Waals surface area (Å²) in [5.74, 6) is -0.689. The lowest BCUT2D eigenvalue weighted by molar-refractivity contribution is -0.137. The molecule has 1 fully saturated rings. The standard InChI is InChI=1S/C15H18N2O3/c1-15(2)19-9-11(20-15)8-16-14(18)13-7-10-5-3-4-6-12(10)17-13/h3-7,11,17H,8-9H2,1-2H3,(H,16,18). The van der Waals surface area contributed by atoms with E-state index in [9.17, 15) is 4.79 Å². The third-order valence-electron chi connectivity index (χ3n) is 3.33. The van der Waals surface area contributed by atoms with Crippen LogP contribution in [0.5, 0.6) is 0 Å². The number of rotatable bonds is 3. The Bertz CT molecular complexity index is 600. The molecule has 0 aliphatic carbocycles. The van der Waals surface area contributed by atoms with Gasteiger partial charge in [0.25, 0.3) is 5.91 Å². The van der Waals surface area contributed by atoms with Crippen LogP contribution in [0.1, 0.15) is 24.3 Å². The van der Waals surface area contributed by atoms with Crippen molar-refractivity contribution in [3.05, 3.63) is 36.0 Å². The molecule has 1 unspecified atom stereocenters. The number of carbonyl (C=O) groups excluding carboxylic acids is 1. The molecule has 106 valence electrons. The number of carbonyl (C=O) groups is 1. The molecule has 1 aromatic heterocycles. The second-order valence-corrected chi connectivity index (χ2v) is 5.43. The molecule has 5 heteroatoms. The van der Waals surface area contributed by atoms with Gasteiger partial charge in [0, 0.05) is 17.4 Å². The lowest BCUT2D eigenvalue weighted by Crippen LogP contribution is -2.34. The number of H-pyrrole nitrogens is 1. The van der Waals surface area contributed by atoms with Crippen molar-refractivity contribution in [3.63, 3.8) is 0 Å². The molecule has 2 aromatic rings. The van der Waals surface area contributed by atoms with E-state index in [0.29, 0.717) is 18.8 Å². The molecule has 1 aliphatic rings. The SMILES string of the molecule is CC1(C)OCC(CNC(=O)c2cc3ccccc3[nH]2)O1. The zero-order valence-corrected chi connectivity index (χ0v) is 11.6. The molecular weight excluding hydrogens is 256 g/mol. The summed E-state index contributed by atoms with van der Waals surface area (Å²) < 4.78 is 11.1. The van der Waals surface area contributed by atoms with Gasteiger partial charge in [0.15, 0.2) is 5.79 Å². The van der Waals surface area contributed by atoms with Crippen LogP contribution in [0.15, 0.2) is 30.3 Å². The van der Waals surface area contributed by atoms with E-state index >= 15 is 0 Å². The number of fused-ring (bicyclic) bond motifs is 1. The number of nitrogens with one attached hydrogen (secondary N) is 2. The molecule has 1 aromatic carbocycles. The van der Waals surface area contributed by atoms with Crippen LogP contribution in [0.2, 0.25) is 0 Å². The van der Waals surface area contributed by atoms with Gasteiger partial charge in [0.05, 0.1) is 6.61 Å². The second-order valence-electron chi connectivity index (χ2n) is 5.43. The van der Waals surface area contributed by atoms with E-state index in [4.69, 9.17) is 9.47 Å². The number of amides is 1. The number of para-hydroxylation sites is 1. The Morgan fingerprint density at radius 2 is 2.25 bits per heavy atom. The van der Waals surface area contributed by atoms with Gasteiger partial charge in [-0.2, -0.15) is 0 Å². The summed E-state index contributed by atoms with van der Waals surface area (Å²) >= 11 is 0. The maximum atomic E-state index is 12.1. The number of benzene rings is 1. The van der Waals surface area contributed by atoms with E-state index in [0.717, 1.165) is 10.9 Å². The molecule has 5 nitrogen and oxygen atoms in total. The zero-order valence-electron chi connectivity index (χ0n) is 11.6. The van der Waals surface area contributed by atoms with E-state index in [2.05, 4.69) is 10.3 Å². The summed E-state index contributed by atoms with van der Waals surface area (Å²) in [6.07, 6.45) is -0.0988. The molecule has 0 bridgehead atoms. The number of hydrogen-bond acceptors (Lipinski definition) is 3. The van der Waals surface area contributed by atoms with Crippen LogP contribution in [-0.2, 0) is 9.47 Å². The Morgan fingerprint density at radius 3 is 2.95 bits per heavy atom. The van der Waals surface area contributed by atoms with Crippen LogP contribution in [0, 0.1) is 0 Å². The molecular formula is C15H18N2O3. The lowest BCUT2D eigenvalue weighted by atomic mass is 10.2. The largest absolute Gasteiger partial charge is 0.351 e. The fraction of sp³-hybridized carbons (Fsp3) is 0.400. The Hall–Kier alpha value is -1.85. The van der Waals surface area contributed by atoms with Crippen molar-refractivity contribution in [1.82, 2.24) is 10.3 Å². The summed E-state index contributed by atoms with van der Waals surface area (Å²) in [5, 5.41) is 3.89. The van der Waals surface area contributed by atoms with Crippen molar-refractivity contribution in [3.8, 4) is 0 Å². The Kier molecular flexibility index (Phi) is 3.23. The van der Waals surface area contributed by atoms with Crippen LogP contribution in [-0.4, -0.2) is 35.9 Å². The Labute approximate surface area is 117 Å². The van der Waals surface area contributed by atoms with Crippen molar-refractivity contribution in [2.75, 3.05) is 13.2 Å². The molecule has 20 heavy (non-hydrogen) atoms. The fourth-order valence-corrected chi connectivity index (χ4v) is 2.36. The first-order chi connectivity index (χ1) is 9.53. The van der Waals surface area contributed by atoms with E-state index in [1.54, 1.807) is 0 Å². The van der Waals surface area contributed by atoms with Gasteiger partial charge < -0.3 is 19.8 Å². The predicted octanol–water partition coefficient (Wildman–Crippen LogP) is 2.05. The first-order valence-corrected chi connectivity index (χ1v) is 6.71. The van der Waals surface area contributed by atoms with Crippen molar-refractivity contribution in [2.45, 2.75) is 25.7 Å². The summed E-state index contributed by atoms with van der Waals surface area (Å²) in [7, 11) is 0. The fourth-order valence-electron chi connectivity index (χ4n) is 2.36. The highest BCUT2D eigenvalue weighted by atomic mass is 16.7. The molecule has 0 radical (unpaired) electrons. The highest BCUT2D eigenvalue weighted by Crippen LogP contribution is 2.21. The molecule has 1 saturated heterocycles. The van der Waals surface area contributed by atoms with Crippen molar-refractivity contribution < 1.29 is 14.3 Å². The van der Waals surface area contributed by atoms with Crippen LogP contribution in [0.3, 0.4) is 0 Å². The van der Waals surface area contributed by atoms with E-state index in [-0.39, 0.29) is 12.0 Å². The first-order valence-electron chi connectivity index (χ1n) is 6.71. The summed E-state index contributed by atoms with van der Waals surface area (Å²) in [6.45, 7) is 4.68. The highest BCUT2D eigenvalue weighted by molar-refractivity contribution is 5.97. The third-order valence-corrected chi connectivity index (χ3v) is 3.33. The van der Waals surface area contributed by atoms with Crippen LogP contribution >= 0.6 is 0 Å². The molecule has 1 amide bonds. The monoisotopic (exact) mass is 274 g/mol. The van der Waals surface area contributed by atoms with Crippen LogP contribution < -0.4 is 5.32 Å². The minimum absolute atomic E-state index is 0.0988. The molecule has 0 saturated carbocycles. The number of aromatic amines is 1. The minimum atomic E-state index is -0.559. The quantitative estimate of drug-likeness (QED) is 0.900. The van der Waals surface area contributed by atoms with Gasteiger partial charge in [-0.1, -0.05) is 18.2 Å². The van der Waals surface area contributed by atoms with Gasteiger partial charge in [-0.15, -0.1) is 0 Å². The lowest BCUT2D eigenvalue weighted by Gasteiger charge is -2.17. The molecule has 1 atom stereocenters. The van der Waals surface area contributed by atoms with Crippen molar-refractivity contribution in [2.24, 2.45) is 0 Å². The first kappa shape index (κ1) is 13.1. The molecule has 2 heterocycles. The summed E-state index contributed by atoms with van der Waals surface area (Å²) in [4.78, 5) is 15.2. The highest BCUT2D eigenvalue weighted by Gasteiger charge is 2.32. The Balaban J connectivity index is 1.62. The summed E-state index contributed by atoms with van der Waals surface area (Å²) in [6, 6.07) is 9.65. The zero-order chi connectivity index (χ0) is 14.2. The number of ether oxygens (including phenoxy) is 2. The minimum Gasteiger partial charge on any atom is -0.351 e. The molecule has 2 N–H and O–H groups in total. The van der Waals surface area contributed by atoms with Gasteiger partial charge in [0.1, 0.15) is 11.8 Å². The van der Waals surface area contributed by atoms with Gasteiger partial charge in [-0.05, 0) is 26.0 Å². The third kappa shape index (κ3) is 2.69. The Morgan fingerprint density at radius 1 is 1.45 bits per heavy atom. The molecule has 0 spiro atoms. The maximum Gasteiger partial charge on any atom is 0.267 e. The van der Waals surface area contributed by atoms with Crippen LogP contribution in [0.25, 0.3) is 10.9 Å². The van der Waals surface area contributed by atoms with Crippen molar-refractivity contribution >= 4 is 16.8 Å². The van der Waals surface area contributed by atoms with E-state index < -0.39 is 5.79 Å². The van der Waals surface area contributed by atoms with E-state index in [1.165, 1.54) is 0 Å². The van der Waals surface area contributed by atoms with Crippen LogP contribution in [0.4, 0.5) is 0 Å². The van der Waals surface area contributed by atoms with Crippen molar-refractivity contribution in [1.29, 1.82) is 0 Å². The molecule has 3 rings (SSSR count). The van der Waals surface area contributed by atoms with Gasteiger partial charge >= 0.3 is 0 Å². The second kappa shape index (κ2) is 4.92. The average molecular weight is 274 g/mol. The normalized spacial score (nSPS) is 21.2. The summed E-state index contributed by atoms with van der Waals surface area (Å²) in [5.41, 5.74) is 1.52. The topological polar surface area (TPSA) is 63.3 Å². The van der Waals surface area contributed by atoms with E-state index in [1.807, 2.05) is 44.2 Å². The number of aromatic nitrogens is 1. The average Bonchev–Trinajstić information content (AvgIpc) is 2.99. The van der Waals surface area contributed by atoms with Gasteiger partial charge in [-0.3, -0.25) is 4.79 Å². The predicted molar refractivity (Wildman–Crippen MR) is 75.5 cm³/mol.